The van der Waals surface area contributed by atoms with Crippen molar-refractivity contribution >= 4 is 5.91 Å². The fourth-order valence-corrected chi connectivity index (χ4v) is 3.52. The molecule has 2 aliphatic heterocycles. The smallest absolute Gasteiger partial charge is 0.236 e. The van der Waals surface area contributed by atoms with Crippen molar-refractivity contribution in [2.45, 2.75) is 25.5 Å². The van der Waals surface area contributed by atoms with Gasteiger partial charge in [0.15, 0.2) is 0 Å². The number of hydrogen-bond donors (Lipinski definition) is 1. The fraction of sp³-hybridized carbons (Fsp3) is 0.632. The summed E-state index contributed by atoms with van der Waals surface area (Å²) in [6.45, 7) is 5.49. The van der Waals surface area contributed by atoms with E-state index in [2.05, 4.69) is 10.2 Å². The van der Waals surface area contributed by atoms with Gasteiger partial charge in [-0.2, -0.15) is 0 Å². The van der Waals surface area contributed by atoms with Crippen molar-refractivity contribution in [3.8, 4) is 5.75 Å². The molecule has 1 aromatic carbocycles. The first kappa shape index (κ1) is 19.1. The summed E-state index contributed by atoms with van der Waals surface area (Å²) in [7, 11) is 1.59. The molecule has 1 aromatic rings. The van der Waals surface area contributed by atoms with Gasteiger partial charge < -0.3 is 19.7 Å². The number of ether oxygens (including phenoxy) is 2. The van der Waals surface area contributed by atoms with Gasteiger partial charge >= 0.3 is 0 Å². The molecule has 26 heavy (non-hydrogen) atoms. The summed E-state index contributed by atoms with van der Waals surface area (Å²) in [4.78, 5) is 16.4. The summed E-state index contributed by atoms with van der Waals surface area (Å²) < 4.78 is 24.4. The second-order valence-electron chi connectivity index (χ2n) is 6.88. The number of piperazine rings is 1. The van der Waals surface area contributed by atoms with Crippen LogP contribution in [0.25, 0.3) is 0 Å². The zero-order valence-corrected chi connectivity index (χ0v) is 15.4. The second kappa shape index (κ2) is 9.30. The number of halogens is 1. The molecule has 0 spiro atoms. The van der Waals surface area contributed by atoms with Gasteiger partial charge in [0, 0.05) is 51.4 Å². The van der Waals surface area contributed by atoms with Crippen molar-refractivity contribution in [3.63, 3.8) is 0 Å². The Balaban J connectivity index is 1.41. The summed E-state index contributed by atoms with van der Waals surface area (Å²) >= 11 is 0. The van der Waals surface area contributed by atoms with E-state index < -0.39 is 0 Å². The van der Waals surface area contributed by atoms with Crippen molar-refractivity contribution in [1.29, 1.82) is 0 Å². The molecule has 2 aliphatic rings. The van der Waals surface area contributed by atoms with E-state index in [-0.39, 0.29) is 17.8 Å². The molecule has 1 amide bonds. The van der Waals surface area contributed by atoms with Crippen LogP contribution in [-0.4, -0.2) is 74.8 Å². The number of methoxy groups -OCH3 is 1. The minimum atomic E-state index is -0.257. The van der Waals surface area contributed by atoms with Gasteiger partial charge in [0.2, 0.25) is 5.91 Å². The Morgan fingerprint density at radius 1 is 1.35 bits per heavy atom. The van der Waals surface area contributed by atoms with Crippen molar-refractivity contribution in [2.75, 3.05) is 53.0 Å². The van der Waals surface area contributed by atoms with Crippen LogP contribution in [0.1, 0.15) is 18.4 Å². The molecule has 1 atom stereocenters. The molecule has 1 unspecified atom stereocenters. The lowest BCUT2D eigenvalue weighted by atomic mass is 10.1. The van der Waals surface area contributed by atoms with E-state index >= 15 is 0 Å². The third-order valence-corrected chi connectivity index (χ3v) is 5.03. The van der Waals surface area contributed by atoms with E-state index in [0.29, 0.717) is 31.9 Å². The lowest BCUT2D eigenvalue weighted by Crippen LogP contribution is -2.50. The summed E-state index contributed by atoms with van der Waals surface area (Å²) in [6, 6.07) is 4.58. The lowest BCUT2D eigenvalue weighted by Gasteiger charge is -2.35. The Morgan fingerprint density at radius 3 is 2.85 bits per heavy atom. The van der Waals surface area contributed by atoms with Gasteiger partial charge in [-0.3, -0.25) is 9.69 Å². The normalized spacial score (nSPS) is 21.2. The number of nitrogens with zero attached hydrogens (tertiary/aromatic N) is 2. The van der Waals surface area contributed by atoms with Crippen LogP contribution >= 0.6 is 0 Å². The zero-order chi connectivity index (χ0) is 18.4. The maximum Gasteiger partial charge on any atom is 0.236 e. The molecular formula is C19H28FN3O3. The molecule has 2 fully saturated rings. The first-order chi connectivity index (χ1) is 12.7. The quantitative estimate of drug-likeness (QED) is 0.788. The highest BCUT2D eigenvalue weighted by atomic mass is 19.1. The first-order valence-electron chi connectivity index (χ1n) is 9.30. The highest BCUT2D eigenvalue weighted by Gasteiger charge is 2.22. The van der Waals surface area contributed by atoms with Crippen molar-refractivity contribution in [2.24, 2.45) is 0 Å². The first-order valence-corrected chi connectivity index (χ1v) is 9.30. The Morgan fingerprint density at radius 2 is 2.15 bits per heavy atom. The molecular weight excluding hydrogens is 337 g/mol. The van der Waals surface area contributed by atoms with Crippen molar-refractivity contribution in [1.82, 2.24) is 15.1 Å². The SMILES string of the molecule is COc1ccc(F)cc1CN1CCN(C(=O)CNCC2CCCO2)CC1. The van der Waals surface area contributed by atoms with Gasteiger partial charge in [-0.05, 0) is 31.0 Å². The van der Waals surface area contributed by atoms with E-state index in [1.807, 2.05) is 4.90 Å². The van der Waals surface area contributed by atoms with Gasteiger partial charge in [0.25, 0.3) is 0 Å². The number of carbonyl (C=O) groups is 1. The van der Waals surface area contributed by atoms with E-state index in [1.165, 1.54) is 12.1 Å². The number of nitrogens with one attached hydrogen (secondary N) is 1. The van der Waals surface area contributed by atoms with Crippen LogP contribution in [0, 0.1) is 5.82 Å². The lowest BCUT2D eigenvalue weighted by molar-refractivity contribution is -0.132. The van der Waals surface area contributed by atoms with Crippen LogP contribution < -0.4 is 10.1 Å². The molecule has 2 saturated heterocycles. The Bertz CT molecular complexity index is 600. The predicted molar refractivity (Wildman–Crippen MR) is 96.7 cm³/mol. The van der Waals surface area contributed by atoms with Gasteiger partial charge in [-0.1, -0.05) is 0 Å². The van der Waals surface area contributed by atoms with E-state index in [0.717, 1.165) is 44.6 Å². The third kappa shape index (κ3) is 5.16. The maximum absolute atomic E-state index is 13.5. The third-order valence-electron chi connectivity index (χ3n) is 5.03. The summed E-state index contributed by atoms with van der Waals surface area (Å²) in [5, 5.41) is 3.21. The van der Waals surface area contributed by atoms with E-state index in [9.17, 15) is 9.18 Å². The van der Waals surface area contributed by atoms with Crippen LogP contribution in [-0.2, 0) is 16.1 Å². The summed E-state index contributed by atoms with van der Waals surface area (Å²) in [5.41, 5.74) is 0.838. The molecule has 7 heteroatoms. The average Bonchev–Trinajstić information content (AvgIpc) is 3.16. The second-order valence-corrected chi connectivity index (χ2v) is 6.88. The van der Waals surface area contributed by atoms with E-state index in [1.54, 1.807) is 13.2 Å². The molecule has 0 aromatic heterocycles. The van der Waals surface area contributed by atoms with Crippen molar-refractivity contribution < 1.29 is 18.7 Å². The van der Waals surface area contributed by atoms with Gasteiger partial charge in [0.1, 0.15) is 11.6 Å². The topological polar surface area (TPSA) is 54.0 Å². The summed E-state index contributed by atoms with van der Waals surface area (Å²) in [6.07, 6.45) is 2.43. The minimum Gasteiger partial charge on any atom is -0.496 e. The number of carbonyl (C=O) groups excluding carboxylic acids is 1. The molecule has 6 nitrogen and oxygen atoms in total. The predicted octanol–water partition coefficient (Wildman–Crippen LogP) is 1.25. The number of amides is 1. The van der Waals surface area contributed by atoms with Crippen LogP contribution in [0.15, 0.2) is 18.2 Å². The molecule has 0 saturated carbocycles. The number of rotatable bonds is 7. The molecule has 0 radical (unpaired) electrons. The Hall–Kier alpha value is -1.70. The molecule has 0 aliphatic carbocycles. The van der Waals surface area contributed by atoms with Crippen LogP contribution in [0.2, 0.25) is 0 Å². The summed E-state index contributed by atoms with van der Waals surface area (Å²) in [5.74, 6) is 0.571. The Kier molecular flexibility index (Phi) is 6.82. The van der Waals surface area contributed by atoms with Gasteiger partial charge in [-0.15, -0.1) is 0 Å². The van der Waals surface area contributed by atoms with E-state index in [4.69, 9.17) is 9.47 Å². The number of hydrogen-bond acceptors (Lipinski definition) is 5. The average molecular weight is 365 g/mol. The molecule has 0 bridgehead atoms. The molecule has 144 valence electrons. The highest BCUT2D eigenvalue weighted by Crippen LogP contribution is 2.21. The minimum absolute atomic E-state index is 0.131. The van der Waals surface area contributed by atoms with Gasteiger partial charge in [0.05, 0.1) is 19.8 Å². The Labute approximate surface area is 154 Å². The maximum atomic E-state index is 13.5. The van der Waals surface area contributed by atoms with Crippen LogP contribution in [0.4, 0.5) is 4.39 Å². The highest BCUT2D eigenvalue weighted by molar-refractivity contribution is 5.78. The monoisotopic (exact) mass is 365 g/mol. The fourth-order valence-electron chi connectivity index (χ4n) is 3.52. The molecule has 1 N–H and O–H groups in total. The number of benzene rings is 1. The standard InChI is InChI=1S/C19H28FN3O3/c1-25-18-5-4-16(20)11-15(18)14-22-6-8-23(9-7-22)19(24)13-21-12-17-3-2-10-26-17/h4-5,11,17,21H,2-3,6-10,12-14H2,1H3. The van der Waals surface area contributed by atoms with Crippen LogP contribution in [0.5, 0.6) is 5.75 Å². The van der Waals surface area contributed by atoms with Gasteiger partial charge in [-0.25, -0.2) is 4.39 Å². The molecule has 3 rings (SSSR count). The van der Waals surface area contributed by atoms with Crippen LogP contribution in [0.3, 0.4) is 0 Å². The zero-order valence-electron chi connectivity index (χ0n) is 15.4. The van der Waals surface area contributed by atoms with Crippen molar-refractivity contribution in [3.05, 3.63) is 29.6 Å². The molecule has 2 heterocycles. The largest absolute Gasteiger partial charge is 0.496 e.